The Morgan fingerprint density at radius 2 is 0.639 bits per heavy atom. The molecular weight excluding hydrogens is 737 g/mol. The molecule has 0 aliphatic heterocycles. The Kier molecular flexibility index (Phi) is 36.1. The average molecular weight is 837 g/mol. The van der Waals surface area contributed by atoms with Gasteiger partial charge in [0.1, 0.15) is 0 Å². The van der Waals surface area contributed by atoms with Gasteiger partial charge in [0, 0.05) is 0 Å². The molecule has 0 aliphatic carbocycles. The Balaban J connectivity index is 1.93. The largest absolute Gasteiger partial charge is 0.255 e. The Labute approximate surface area is 381 Å². The third-order valence-electron chi connectivity index (χ3n) is 12.7. The summed E-state index contributed by atoms with van der Waals surface area (Å²) in [4.78, 5) is 10.5. The molecule has 0 aromatic heterocycles. The van der Waals surface area contributed by atoms with Crippen LogP contribution in [0.15, 0.2) is 58.5 Å². The van der Waals surface area contributed by atoms with E-state index in [1.54, 1.807) is 0 Å². The smallest absolute Gasteiger partial charge is 0.0816 e. The van der Waals surface area contributed by atoms with Crippen LogP contribution in [0.5, 0.6) is 0 Å². The van der Waals surface area contributed by atoms with Crippen molar-refractivity contribution in [3.63, 3.8) is 0 Å². The normalized spacial score (nSPS) is 12.2. The molecule has 0 radical (unpaired) electrons. The van der Waals surface area contributed by atoms with Crippen molar-refractivity contribution in [1.82, 2.24) is 0 Å². The van der Waals surface area contributed by atoms with Crippen LogP contribution in [0.1, 0.15) is 275 Å². The van der Waals surface area contributed by atoms with Gasteiger partial charge in [-0.1, -0.05) is 233 Å². The standard InChI is InChI=1S/C59H100N2/c1-6-11-16-17-18-19-20-21-22-23-24-25-26-27-28-29-30-31-32-33-34-35-40-45-57(61-59-50-55(43-38-14-9-4)47-56(51-59)44-39-15-10-5)52-60-58-48-53(41-36-12-7-2)46-54(49-58)42-37-13-8-3/h40,45-52H,6-39,41-44H2,1-5H3. The van der Waals surface area contributed by atoms with E-state index in [0.29, 0.717) is 0 Å². The molecule has 61 heavy (non-hydrogen) atoms. The quantitative estimate of drug-likeness (QED) is 0.0470. The minimum atomic E-state index is 0.970. The van der Waals surface area contributed by atoms with E-state index < -0.39 is 0 Å². The van der Waals surface area contributed by atoms with Crippen LogP contribution in [0.25, 0.3) is 0 Å². The Morgan fingerprint density at radius 1 is 0.344 bits per heavy atom. The molecule has 2 aromatic rings. The van der Waals surface area contributed by atoms with Gasteiger partial charge in [-0.05, 0) is 117 Å². The third-order valence-corrected chi connectivity index (χ3v) is 12.7. The fourth-order valence-electron chi connectivity index (χ4n) is 8.82. The number of aliphatic imine (C=N–C) groups is 2. The molecule has 0 atom stereocenters. The van der Waals surface area contributed by atoms with Crippen LogP contribution in [0.4, 0.5) is 11.4 Å². The first-order valence-electron chi connectivity index (χ1n) is 27.2. The van der Waals surface area contributed by atoms with Crippen molar-refractivity contribution in [1.29, 1.82) is 0 Å². The van der Waals surface area contributed by atoms with E-state index >= 15 is 0 Å². The Bertz CT molecular complexity index is 1320. The summed E-state index contributed by atoms with van der Waals surface area (Å²) in [5, 5.41) is 0. The van der Waals surface area contributed by atoms with Crippen LogP contribution in [0, 0.1) is 0 Å². The topological polar surface area (TPSA) is 24.7 Å². The molecule has 0 fully saturated rings. The van der Waals surface area contributed by atoms with Crippen LogP contribution in [0.2, 0.25) is 0 Å². The van der Waals surface area contributed by atoms with E-state index in [9.17, 15) is 0 Å². The number of unbranched alkanes of at least 4 members (excludes halogenated alkanes) is 29. The van der Waals surface area contributed by atoms with Crippen molar-refractivity contribution in [2.45, 2.75) is 279 Å². The van der Waals surface area contributed by atoms with Crippen LogP contribution in [-0.4, -0.2) is 11.9 Å². The summed E-state index contributed by atoms with van der Waals surface area (Å²) in [5.41, 5.74) is 8.91. The summed E-state index contributed by atoms with van der Waals surface area (Å²) < 4.78 is 0. The van der Waals surface area contributed by atoms with Gasteiger partial charge in [0.25, 0.3) is 0 Å². The molecule has 0 aliphatic rings. The molecule has 2 nitrogen and oxygen atoms in total. The van der Waals surface area contributed by atoms with Crippen molar-refractivity contribution in [2.24, 2.45) is 9.98 Å². The van der Waals surface area contributed by atoms with Crippen LogP contribution in [-0.2, 0) is 25.7 Å². The highest BCUT2D eigenvalue weighted by atomic mass is 14.8. The zero-order chi connectivity index (χ0) is 43.7. The predicted molar refractivity (Wildman–Crippen MR) is 277 cm³/mol. The van der Waals surface area contributed by atoms with Crippen LogP contribution < -0.4 is 0 Å². The molecule has 2 aromatic carbocycles. The van der Waals surface area contributed by atoms with Gasteiger partial charge in [0.15, 0.2) is 0 Å². The van der Waals surface area contributed by atoms with Crippen molar-refractivity contribution in [2.75, 3.05) is 0 Å². The molecule has 0 unspecified atom stereocenters. The van der Waals surface area contributed by atoms with Crippen molar-refractivity contribution >= 4 is 23.3 Å². The third kappa shape index (κ3) is 31.1. The fraction of sp³-hybridized carbons (Fsp3) is 0.729. The maximum Gasteiger partial charge on any atom is 0.0816 e. The summed E-state index contributed by atoms with van der Waals surface area (Å²) >= 11 is 0. The second kappa shape index (κ2) is 40.3. The summed E-state index contributed by atoms with van der Waals surface area (Å²) in [5.74, 6) is 0. The molecule has 2 heteroatoms. The highest BCUT2D eigenvalue weighted by molar-refractivity contribution is 6.36. The molecule has 0 spiro atoms. The van der Waals surface area contributed by atoms with E-state index in [1.165, 1.54) is 234 Å². The lowest BCUT2D eigenvalue weighted by Crippen LogP contribution is -1.97. The molecule has 2 rings (SSSR count). The molecule has 346 valence electrons. The van der Waals surface area contributed by atoms with Crippen LogP contribution >= 0.6 is 0 Å². The summed E-state index contributed by atoms with van der Waals surface area (Å²) in [6, 6.07) is 14.3. The van der Waals surface area contributed by atoms with Gasteiger partial charge in [-0.25, -0.2) is 4.99 Å². The maximum absolute atomic E-state index is 5.32. The van der Waals surface area contributed by atoms with Gasteiger partial charge in [0.2, 0.25) is 0 Å². The monoisotopic (exact) mass is 837 g/mol. The lowest BCUT2D eigenvalue weighted by molar-refractivity contribution is 0.520. The Morgan fingerprint density at radius 3 is 0.984 bits per heavy atom. The van der Waals surface area contributed by atoms with Gasteiger partial charge in [-0.15, -0.1) is 0 Å². The second-order valence-electron chi connectivity index (χ2n) is 18.9. The van der Waals surface area contributed by atoms with Gasteiger partial charge in [-0.2, -0.15) is 0 Å². The molecular formula is C59H100N2. The average Bonchev–Trinajstić information content (AvgIpc) is 3.26. The number of benzene rings is 2. The second-order valence-corrected chi connectivity index (χ2v) is 18.9. The molecule has 0 saturated carbocycles. The predicted octanol–water partition coefficient (Wildman–Crippen LogP) is 20.3. The van der Waals surface area contributed by atoms with E-state index in [2.05, 4.69) is 89.4 Å². The lowest BCUT2D eigenvalue weighted by atomic mass is 10.00. The first kappa shape index (κ1) is 54.7. The lowest BCUT2D eigenvalue weighted by Gasteiger charge is -2.09. The van der Waals surface area contributed by atoms with E-state index in [1.807, 2.05) is 0 Å². The maximum atomic E-state index is 5.32. The molecule has 0 N–H and O–H groups in total. The summed E-state index contributed by atoms with van der Waals surface area (Å²) in [6.07, 6.45) is 57.5. The Hall–Kier alpha value is -2.48. The summed E-state index contributed by atoms with van der Waals surface area (Å²) in [7, 11) is 0. The number of aryl methyl sites for hydroxylation is 4. The zero-order valence-corrected chi connectivity index (χ0v) is 41.5. The highest BCUT2D eigenvalue weighted by Crippen LogP contribution is 2.24. The SMILES string of the molecule is CCCCCCCCCCCCCCCCCCCCCCCC=CC(C=Nc1cc(CCCCC)cc(CCCCC)c1)=Nc1cc(CCCCC)cc(CCCCC)c1. The molecule has 0 bridgehead atoms. The van der Waals surface area contributed by atoms with Crippen LogP contribution in [0.3, 0.4) is 0 Å². The number of allylic oxidation sites excluding steroid dienone is 2. The van der Waals surface area contributed by atoms with Gasteiger partial charge < -0.3 is 0 Å². The van der Waals surface area contributed by atoms with E-state index in [-0.39, 0.29) is 0 Å². The minimum absolute atomic E-state index is 0.970. The minimum Gasteiger partial charge on any atom is -0.255 e. The van der Waals surface area contributed by atoms with E-state index in [0.717, 1.165) is 49.2 Å². The number of rotatable bonds is 42. The molecule has 0 heterocycles. The molecule has 0 saturated heterocycles. The van der Waals surface area contributed by atoms with Gasteiger partial charge in [0.05, 0.1) is 23.3 Å². The van der Waals surface area contributed by atoms with Gasteiger partial charge >= 0.3 is 0 Å². The van der Waals surface area contributed by atoms with Gasteiger partial charge in [-0.3, -0.25) is 4.99 Å². The molecule has 0 amide bonds. The van der Waals surface area contributed by atoms with E-state index in [4.69, 9.17) is 9.98 Å². The number of hydrogen-bond acceptors (Lipinski definition) is 2. The summed E-state index contributed by atoms with van der Waals surface area (Å²) in [6.45, 7) is 11.5. The van der Waals surface area contributed by atoms with Crippen molar-refractivity contribution in [3.05, 3.63) is 70.8 Å². The number of hydrogen-bond donors (Lipinski definition) is 0. The van der Waals surface area contributed by atoms with Crippen molar-refractivity contribution < 1.29 is 0 Å². The first-order chi connectivity index (χ1) is 30.1. The number of nitrogens with zero attached hydrogens (tertiary/aromatic N) is 2. The highest BCUT2D eigenvalue weighted by Gasteiger charge is 2.06. The van der Waals surface area contributed by atoms with Crippen molar-refractivity contribution in [3.8, 4) is 0 Å². The first-order valence-corrected chi connectivity index (χ1v) is 27.2. The zero-order valence-electron chi connectivity index (χ0n) is 41.5. The fourth-order valence-corrected chi connectivity index (χ4v) is 8.82.